The van der Waals surface area contributed by atoms with E-state index in [9.17, 15) is 4.79 Å². The van der Waals surface area contributed by atoms with E-state index in [1.54, 1.807) is 0 Å². The van der Waals surface area contributed by atoms with E-state index >= 15 is 0 Å². The fraction of sp³-hybridized carbons (Fsp3) is 0.368. The van der Waals surface area contributed by atoms with Gasteiger partial charge in [0.05, 0.1) is 24.4 Å². The van der Waals surface area contributed by atoms with Crippen molar-refractivity contribution in [3.05, 3.63) is 58.9 Å². The first-order valence-corrected chi connectivity index (χ1v) is 8.10. The molecular weight excluding hydrogens is 288 g/mol. The van der Waals surface area contributed by atoms with Gasteiger partial charge in [-0.1, -0.05) is 18.2 Å². The van der Waals surface area contributed by atoms with Crippen LogP contribution in [0.15, 0.2) is 36.5 Å². The average molecular weight is 310 g/mol. The van der Waals surface area contributed by atoms with Crippen LogP contribution in [-0.4, -0.2) is 24.1 Å². The topological polar surface area (TPSA) is 42.4 Å². The van der Waals surface area contributed by atoms with Crippen LogP contribution < -0.4 is 4.90 Å². The number of benzene rings is 1. The van der Waals surface area contributed by atoms with Crippen molar-refractivity contribution in [2.24, 2.45) is 0 Å². The number of nitrogens with zero attached hydrogens (tertiary/aromatic N) is 2. The molecule has 0 bridgehead atoms. The molecule has 0 spiro atoms. The molecule has 4 nitrogen and oxygen atoms in total. The second-order valence-electron chi connectivity index (χ2n) is 5.86. The highest BCUT2D eigenvalue weighted by atomic mass is 16.5. The summed E-state index contributed by atoms with van der Waals surface area (Å²) >= 11 is 0. The minimum Gasteiger partial charge on any atom is -0.466 e. The fourth-order valence-corrected chi connectivity index (χ4v) is 3.11. The number of pyridine rings is 1. The maximum Gasteiger partial charge on any atom is 0.310 e. The van der Waals surface area contributed by atoms with Crippen LogP contribution in [0, 0.1) is 6.92 Å². The number of aryl methyl sites for hydroxylation is 1. The van der Waals surface area contributed by atoms with Gasteiger partial charge in [-0.2, -0.15) is 0 Å². The molecule has 0 radical (unpaired) electrons. The molecule has 0 atom stereocenters. The highest BCUT2D eigenvalue weighted by molar-refractivity contribution is 5.72. The zero-order valence-corrected chi connectivity index (χ0v) is 13.7. The molecule has 0 amide bonds. The van der Waals surface area contributed by atoms with E-state index in [-0.39, 0.29) is 5.97 Å². The van der Waals surface area contributed by atoms with Crippen molar-refractivity contribution in [1.82, 2.24) is 4.98 Å². The van der Waals surface area contributed by atoms with Crippen molar-refractivity contribution >= 4 is 11.7 Å². The number of hydrogen-bond acceptors (Lipinski definition) is 4. The lowest BCUT2D eigenvalue weighted by molar-refractivity contribution is -0.142. The second-order valence-corrected chi connectivity index (χ2v) is 5.86. The maximum absolute atomic E-state index is 11.6. The lowest BCUT2D eigenvalue weighted by atomic mass is 9.96. The van der Waals surface area contributed by atoms with Gasteiger partial charge in [0.25, 0.3) is 0 Å². The summed E-state index contributed by atoms with van der Waals surface area (Å²) in [5.41, 5.74) is 5.97. The average Bonchev–Trinajstić information content (AvgIpc) is 2.55. The van der Waals surface area contributed by atoms with Crippen molar-refractivity contribution < 1.29 is 9.53 Å². The molecule has 0 N–H and O–H groups in total. The van der Waals surface area contributed by atoms with E-state index in [1.807, 2.05) is 32.2 Å². The van der Waals surface area contributed by atoms with E-state index < -0.39 is 0 Å². The Hall–Kier alpha value is -2.36. The van der Waals surface area contributed by atoms with Crippen LogP contribution in [0.1, 0.15) is 29.3 Å². The molecule has 23 heavy (non-hydrogen) atoms. The molecule has 4 heteroatoms. The number of ether oxygens (including phenoxy) is 1. The molecule has 1 aliphatic heterocycles. The summed E-state index contributed by atoms with van der Waals surface area (Å²) in [5, 5.41) is 0. The minimum absolute atomic E-state index is 0.157. The Morgan fingerprint density at radius 2 is 2.17 bits per heavy atom. The van der Waals surface area contributed by atoms with Crippen LogP contribution in [0.25, 0.3) is 0 Å². The van der Waals surface area contributed by atoms with Crippen molar-refractivity contribution in [3.8, 4) is 0 Å². The zero-order chi connectivity index (χ0) is 16.2. The van der Waals surface area contributed by atoms with Gasteiger partial charge in [-0.25, -0.2) is 0 Å². The highest BCUT2D eigenvalue weighted by Gasteiger charge is 2.18. The third-order valence-electron chi connectivity index (χ3n) is 4.26. The van der Waals surface area contributed by atoms with Gasteiger partial charge in [-0.15, -0.1) is 0 Å². The van der Waals surface area contributed by atoms with Crippen LogP contribution in [0.2, 0.25) is 0 Å². The number of aromatic nitrogens is 1. The van der Waals surface area contributed by atoms with Gasteiger partial charge in [-0.05, 0) is 49.1 Å². The van der Waals surface area contributed by atoms with Gasteiger partial charge in [0.1, 0.15) is 0 Å². The van der Waals surface area contributed by atoms with E-state index in [0.717, 1.165) is 30.8 Å². The lowest BCUT2D eigenvalue weighted by Gasteiger charge is -2.31. The molecule has 2 heterocycles. The van der Waals surface area contributed by atoms with Crippen molar-refractivity contribution in [2.45, 2.75) is 33.2 Å². The summed E-state index contributed by atoms with van der Waals surface area (Å²) in [6.07, 6.45) is 3.17. The summed E-state index contributed by atoms with van der Waals surface area (Å²) in [7, 11) is 0. The smallest absolute Gasteiger partial charge is 0.310 e. The maximum atomic E-state index is 11.6. The quantitative estimate of drug-likeness (QED) is 0.814. The Balaban J connectivity index is 1.75. The van der Waals surface area contributed by atoms with Crippen molar-refractivity contribution in [1.29, 1.82) is 0 Å². The number of esters is 1. The standard InChI is InChI=1S/C19H22N2O2/c1-3-23-19(22)12-15-6-7-17-13-21(10-8-16(17)11-15)18-5-4-9-20-14(18)2/h4-7,9,11H,3,8,10,12-13H2,1-2H3. The van der Waals surface area contributed by atoms with Gasteiger partial charge in [-0.3, -0.25) is 9.78 Å². The molecule has 2 aromatic rings. The Morgan fingerprint density at radius 1 is 1.30 bits per heavy atom. The van der Waals surface area contributed by atoms with Crippen LogP contribution >= 0.6 is 0 Å². The number of anilines is 1. The summed E-state index contributed by atoms with van der Waals surface area (Å²) in [5.74, 6) is -0.157. The normalized spacial score (nSPS) is 13.6. The van der Waals surface area contributed by atoms with E-state index in [0.29, 0.717) is 13.0 Å². The molecule has 1 aromatic heterocycles. The van der Waals surface area contributed by atoms with Crippen LogP contribution in [-0.2, 0) is 28.9 Å². The number of hydrogen-bond donors (Lipinski definition) is 0. The van der Waals surface area contributed by atoms with Crippen LogP contribution in [0.5, 0.6) is 0 Å². The molecule has 1 aromatic carbocycles. The summed E-state index contributed by atoms with van der Waals surface area (Å²) in [4.78, 5) is 18.4. The zero-order valence-electron chi connectivity index (χ0n) is 13.7. The molecule has 0 unspecified atom stereocenters. The Morgan fingerprint density at radius 3 is 2.96 bits per heavy atom. The summed E-state index contributed by atoms with van der Waals surface area (Å²) in [6.45, 7) is 6.18. The number of rotatable bonds is 4. The summed E-state index contributed by atoms with van der Waals surface area (Å²) < 4.78 is 5.02. The van der Waals surface area contributed by atoms with Crippen molar-refractivity contribution in [2.75, 3.05) is 18.1 Å². The second kappa shape index (κ2) is 6.82. The van der Waals surface area contributed by atoms with E-state index in [4.69, 9.17) is 4.74 Å². The molecular formula is C19H22N2O2. The predicted octanol–water partition coefficient (Wildman–Crippen LogP) is 3.06. The molecule has 3 rings (SSSR count). The molecule has 0 aliphatic carbocycles. The third kappa shape index (κ3) is 3.52. The minimum atomic E-state index is -0.157. The molecule has 1 aliphatic rings. The number of carbonyl (C=O) groups excluding carboxylic acids is 1. The molecule has 0 saturated carbocycles. The first-order valence-electron chi connectivity index (χ1n) is 8.10. The van der Waals surface area contributed by atoms with Crippen LogP contribution in [0.4, 0.5) is 5.69 Å². The molecule has 120 valence electrons. The Bertz CT molecular complexity index is 712. The Labute approximate surface area is 137 Å². The van der Waals surface area contributed by atoms with Gasteiger partial charge < -0.3 is 9.64 Å². The highest BCUT2D eigenvalue weighted by Crippen LogP contribution is 2.26. The number of fused-ring (bicyclic) bond motifs is 1. The monoisotopic (exact) mass is 310 g/mol. The van der Waals surface area contributed by atoms with E-state index in [2.05, 4.69) is 28.1 Å². The number of carbonyl (C=O) groups is 1. The molecule has 0 fully saturated rings. The van der Waals surface area contributed by atoms with Gasteiger partial charge in [0, 0.05) is 19.3 Å². The predicted molar refractivity (Wildman–Crippen MR) is 90.5 cm³/mol. The molecule has 0 saturated heterocycles. The lowest BCUT2D eigenvalue weighted by Crippen LogP contribution is -2.31. The first kappa shape index (κ1) is 15.5. The largest absolute Gasteiger partial charge is 0.466 e. The SMILES string of the molecule is CCOC(=O)Cc1ccc2c(c1)CCN(c1cccnc1C)C2. The Kier molecular flexibility index (Phi) is 4.60. The van der Waals surface area contributed by atoms with Gasteiger partial charge in [0.2, 0.25) is 0 Å². The van der Waals surface area contributed by atoms with Crippen molar-refractivity contribution in [3.63, 3.8) is 0 Å². The fourth-order valence-electron chi connectivity index (χ4n) is 3.11. The van der Waals surface area contributed by atoms with Gasteiger partial charge in [0.15, 0.2) is 0 Å². The van der Waals surface area contributed by atoms with Gasteiger partial charge >= 0.3 is 5.97 Å². The van der Waals surface area contributed by atoms with Crippen LogP contribution in [0.3, 0.4) is 0 Å². The third-order valence-corrected chi connectivity index (χ3v) is 4.26. The van der Waals surface area contributed by atoms with E-state index in [1.165, 1.54) is 16.8 Å². The first-order chi connectivity index (χ1) is 11.2. The summed E-state index contributed by atoms with van der Waals surface area (Å²) in [6, 6.07) is 10.4.